The molecule has 0 unspecified atom stereocenters. The third-order valence-electron chi connectivity index (χ3n) is 3.18. The summed E-state index contributed by atoms with van der Waals surface area (Å²) in [5.74, 6) is -0.982. The molecule has 0 aliphatic carbocycles. The van der Waals surface area contributed by atoms with E-state index in [9.17, 15) is 12.8 Å². The van der Waals surface area contributed by atoms with Crippen LogP contribution >= 0.6 is 11.6 Å². The van der Waals surface area contributed by atoms with Gasteiger partial charge in [0.05, 0.1) is 10.7 Å². The number of rotatable bonds is 3. The van der Waals surface area contributed by atoms with Crippen molar-refractivity contribution < 1.29 is 12.8 Å². The Morgan fingerprint density at radius 1 is 1.19 bits per heavy atom. The number of benzene rings is 2. The number of nitrogens with two attached hydrogens (primary N) is 1. The van der Waals surface area contributed by atoms with Gasteiger partial charge in [0, 0.05) is 5.69 Å². The van der Waals surface area contributed by atoms with Crippen molar-refractivity contribution in [3.63, 3.8) is 0 Å². The molecule has 0 spiro atoms. The van der Waals surface area contributed by atoms with Crippen molar-refractivity contribution in [3.05, 3.63) is 52.3 Å². The number of anilines is 2. The van der Waals surface area contributed by atoms with Crippen LogP contribution in [0.25, 0.3) is 0 Å². The van der Waals surface area contributed by atoms with E-state index in [-0.39, 0.29) is 5.02 Å². The molecule has 0 aliphatic rings. The molecule has 0 saturated carbocycles. The zero-order chi connectivity index (χ0) is 15.8. The maximum absolute atomic E-state index is 13.9. The molecule has 0 bridgehead atoms. The van der Waals surface area contributed by atoms with Gasteiger partial charge in [0.15, 0.2) is 5.82 Å². The minimum absolute atomic E-state index is 0.252. The molecular weight excluding hydrogens is 315 g/mol. The molecule has 2 rings (SSSR count). The van der Waals surface area contributed by atoms with Crippen LogP contribution in [-0.4, -0.2) is 8.42 Å². The quantitative estimate of drug-likeness (QED) is 0.847. The molecule has 0 amide bonds. The SMILES string of the molecule is Cc1ccc(NS(=O)(=O)c2cccc(Cl)c2F)c(C)c1N. The fourth-order valence-electron chi connectivity index (χ4n) is 1.87. The van der Waals surface area contributed by atoms with Crippen LogP contribution < -0.4 is 10.5 Å². The van der Waals surface area contributed by atoms with Crippen LogP contribution in [0.1, 0.15) is 11.1 Å². The third-order valence-corrected chi connectivity index (χ3v) is 4.86. The first-order valence-electron chi connectivity index (χ1n) is 6.06. The molecule has 0 radical (unpaired) electrons. The summed E-state index contributed by atoms with van der Waals surface area (Å²) >= 11 is 5.61. The first-order chi connectivity index (χ1) is 9.74. The second kappa shape index (κ2) is 5.54. The minimum atomic E-state index is -4.08. The van der Waals surface area contributed by atoms with Crippen LogP contribution in [0.2, 0.25) is 5.02 Å². The van der Waals surface area contributed by atoms with E-state index in [1.54, 1.807) is 19.1 Å². The van der Waals surface area contributed by atoms with E-state index in [4.69, 9.17) is 17.3 Å². The summed E-state index contributed by atoms with van der Waals surface area (Å²) in [5.41, 5.74) is 8.08. The molecule has 2 aromatic rings. The lowest BCUT2D eigenvalue weighted by atomic mass is 10.1. The summed E-state index contributed by atoms with van der Waals surface area (Å²) in [6.07, 6.45) is 0. The molecule has 21 heavy (non-hydrogen) atoms. The van der Waals surface area contributed by atoms with E-state index in [1.807, 2.05) is 6.92 Å². The van der Waals surface area contributed by atoms with Crippen molar-refractivity contribution in [2.75, 3.05) is 10.5 Å². The molecular formula is C14H14ClFN2O2S. The topological polar surface area (TPSA) is 72.2 Å². The van der Waals surface area contributed by atoms with Crippen LogP contribution in [0.15, 0.2) is 35.2 Å². The molecule has 0 atom stereocenters. The van der Waals surface area contributed by atoms with Gasteiger partial charge in [0.1, 0.15) is 4.90 Å². The van der Waals surface area contributed by atoms with Gasteiger partial charge < -0.3 is 5.73 Å². The van der Waals surface area contributed by atoms with Crippen LogP contribution in [0.5, 0.6) is 0 Å². The van der Waals surface area contributed by atoms with E-state index in [2.05, 4.69) is 4.72 Å². The van der Waals surface area contributed by atoms with Gasteiger partial charge in [-0.15, -0.1) is 0 Å². The molecule has 4 nitrogen and oxygen atoms in total. The number of nitrogen functional groups attached to an aromatic ring is 1. The van der Waals surface area contributed by atoms with Crippen LogP contribution in [0.4, 0.5) is 15.8 Å². The summed E-state index contributed by atoms with van der Waals surface area (Å²) in [6, 6.07) is 7.08. The van der Waals surface area contributed by atoms with Crippen LogP contribution in [-0.2, 0) is 10.0 Å². The highest BCUT2D eigenvalue weighted by atomic mass is 35.5. The van der Waals surface area contributed by atoms with Gasteiger partial charge in [0.2, 0.25) is 0 Å². The summed E-state index contributed by atoms with van der Waals surface area (Å²) in [6.45, 7) is 3.51. The molecule has 7 heteroatoms. The first-order valence-corrected chi connectivity index (χ1v) is 7.92. The number of halogens is 2. The van der Waals surface area contributed by atoms with Crippen molar-refractivity contribution in [1.29, 1.82) is 0 Å². The minimum Gasteiger partial charge on any atom is -0.398 e. The van der Waals surface area contributed by atoms with Gasteiger partial charge in [-0.1, -0.05) is 23.7 Å². The van der Waals surface area contributed by atoms with Gasteiger partial charge in [-0.2, -0.15) is 0 Å². The normalized spacial score (nSPS) is 11.4. The van der Waals surface area contributed by atoms with Gasteiger partial charge in [-0.3, -0.25) is 4.72 Å². The zero-order valence-corrected chi connectivity index (χ0v) is 13.0. The Bertz CT molecular complexity index is 807. The summed E-state index contributed by atoms with van der Waals surface area (Å²) in [7, 11) is -4.08. The van der Waals surface area contributed by atoms with Gasteiger partial charge in [-0.25, -0.2) is 12.8 Å². The maximum Gasteiger partial charge on any atom is 0.264 e. The highest BCUT2D eigenvalue weighted by molar-refractivity contribution is 7.92. The second-order valence-corrected chi connectivity index (χ2v) is 6.68. The maximum atomic E-state index is 13.9. The van der Waals surface area contributed by atoms with Gasteiger partial charge in [0.25, 0.3) is 10.0 Å². The Morgan fingerprint density at radius 3 is 2.52 bits per heavy atom. The predicted molar refractivity (Wildman–Crippen MR) is 82.5 cm³/mol. The lowest BCUT2D eigenvalue weighted by molar-refractivity contribution is 0.570. The van der Waals surface area contributed by atoms with Crippen molar-refractivity contribution >= 4 is 33.0 Å². The molecule has 0 heterocycles. The fraction of sp³-hybridized carbons (Fsp3) is 0.143. The van der Waals surface area contributed by atoms with Crippen LogP contribution in [0, 0.1) is 19.7 Å². The highest BCUT2D eigenvalue weighted by Crippen LogP contribution is 2.28. The number of aryl methyl sites for hydroxylation is 1. The largest absolute Gasteiger partial charge is 0.398 e. The number of hydrogen-bond acceptors (Lipinski definition) is 3. The first kappa shape index (κ1) is 15.6. The number of hydrogen-bond donors (Lipinski definition) is 2. The Morgan fingerprint density at radius 2 is 1.86 bits per heavy atom. The van der Waals surface area contributed by atoms with E-state index >= 15 is 0 Å². The third kappa shape index (κ3) is 2.96. The molecule has 2 aromatic carbocycles. The van der Waals surface area contributed by atoms with Gasteiger partial charge in [-0.05, 0) is 43.2 Å². The van der Waals surface area contributed by atoms with E-state index in [0.29, 0.717) is 16.9 Å². The molecule has 0 saturated heterocycles. The van der Waals surface area contributed by atoms with Crippen LogP contribution in [0.3, 0.4) is 0 Å². The Balaban J connectivity index is 2.48. The highest BCUT2D eigenvalue weighted by Gasteiger charge is 2.21. The monoisotopic (exact) mass is 328 g/mol. The Labute approximate surface area is 127 Å². The lowest BCUT2D eigenvalue weighted by Gasteiger charge is -2.14. The predicted octanol–water partition coefficient (Wildman–Crippen LogP) is 3.48. The Kier molecular flexibility index (Phi) is 4.11. The standard InChI is InChI=1S/C14H14ClFN2O2S/c1-8-6-7-11(9(2)14(8)17)18-21(19,20)12-5-3-4-10(15)13(12)16/h3-7,18H,17H2,1-2H3. The second-order valence-electron chi connectivity index (χ2n) is 4.63. The average Bonchev–Trinajstić information content (AvgIpc) is 2.42. The molecule has 0 fully saturated rings. The molecule has 0 aromatic heterocycles. The van der Waals surface area contributed by atoms with Gasteiger partial charge >= 0.3 is 0 Å². The lowest BCUT2D eigenvalue weighted by Crippen LogP contribution is -2.16. The summed E-state index contributed by atoms with van der Waals surface area (Å²) < 4.78 is 40.7. The number of nitrogens with one attached hydrogen (secondary N) is 1. The Hall–Kier alpha value is -1.79. The summed E-state index contributed by atoms with van der Waals surface area (Å²) in [4.78, 5) is -0.506. The van der Waals surface area contributed by atoms with E-state index < -0.39 is 20.7 Å². The molecule has 0 aliphatic heterocycles. The van der Waals surface area contributed by atoms with E-state index in [1.165, 1.54) is 12.1 Å². The fourth-order valence-corrected chi connectivity index (χ4v) is 3.32. The summed E-state index contributed by atoms with van der Waals surface area (Å²) in [5, 5.41) is -0.252. The van der Waals surface area contributed by atoms with Crippen molar-refractivity contribution in [1.82, 2.24) is 0 Å². The molecule has 112 valence electrons. The van der Waals surface area contributed by atoms with Crippen molar-refractivity contribution in [3.8, 4) is 0 Å². The van der Waals surface area contributed by atoms with Crippen molar-refractivity contribution in [2.24, 2.45) is 0 Å². The van der Waals surface area contributed by atoms with E-state index in [0.717, 1.165) is 11.6 Å². The van der Waals surface area contributed by atoms with Crippen molar-refractivity contribution in [2.45, 2.75) is 18.7 Å². The average molecular weight is 329 g/mol. The smallest absolute Gasteiger partial charge is 0.264 e. The zero-order valence-electron chi connectivity index (χ0n) is 11.4. The number of sulfonamides is 1. The molecule has 3 N–H and O–H groups in total.